The van der Waals surface area contributed by atoms with Crippen molar-refractivity contribution in [1.82, 2.24) is 4.98 Å². The van der Waals surface area contributed by atoms with Crippen molar-refractivity contribution in [2.24, 2.45) is 0 Å². The van der Waals surface area contributed by atoms with Crippen LogP contribution in [0.5, 0.6) is 0 Å². The monoisotopic (exact) mass is 255 g/mol. The summed E-state index contributed by atoms with van der Waals surface area (Å²) < 4.78 is 31.9. The van der Waals surface area contributed by atoms with Crippen molar-refractivity contribution in [3.63, 3.8) is 0 Å². The molecule has 0 radical (unpaired) electrons. The van der Waals surface area contributed by atoms with Crippen LogP contribution < -0.4 is 0 Å². The lowest BCUT2D eigenvalue weighted by molar-refractivity contribution is -0.144. The van der Waals surface area contributed by atoms with E-state index in [1.165, 1.54) is 12.1 Å². The summed E-state index contributed by atoms with van der Waals surface area (Å²) >= 11 is 0. The minimum absolute atomic E-state index is 0.324. The Morgan fingerprint density at radius 3 is 2.89 bits per heavy atom. The Hall–Kier alpha value is -1.98. The maximum Gasteiger partial charge on any atom is 0.309 e. The van der Waals surface area contributed by atoms with Gasteiger partial charge in [0.15, 0.2) is 11.5 Å². The third-order valence-corrected chi connectivity index (χ3v) is 2.43. The fourth-order valence-corrected chi connectivity index (χ4v) is 1.78. The molecule has 0 bridgehead atoms. The number of alkyl halides is 2. The van der Waals surface area contributed by atoms with E-state index >= 15 is 0 Å². The van der Waals surface area contributed by atoms with E-state index in [-0.39, 0.29) is 0 Å². The Morgan fingerprint density at radius 1 is 1.50 bits per heavy atom. The summed E-state index contributed by atoms with van der Waals surface area (Å²) in [5.41, 5.74) is 1.35. The summed E-state index contributed by atoms with van der Waals surface area (Å²) in [6.07, 6.45) is -1.81. The summed E-state index contributed by atoms with van der Waals surface area (Å²) in [4.78, 5) is 14.4. The van der Waals surface area contributed by atoms with Gasteiger partial charge in [-0.05, 0) is 17.7 Å². The molecule has 1 heterocycles. The van der Waals surface area contributed by atoms with Crippen molar-refractivity contribution in [3.8, 4) is 0 Å². The maximum absolute atomic E-state index is 13.3. The van der Waals surface area contributed by atoms with Crippen molar-refractivity contribution in [2.75, 3.05) is 0 Å². The zero-order valence-corrected chi connectivity index (χ0v) is 9.61. The predicted octanol–water partition coefficient (Wildman–Crippen LogP) is 2.79. The van der Waals surface area contributed by atoms with Gasteiger partial charge in [0.1, 0.15) is 11.9 Å². The smallest absolute Gasteiger partial charge is 0.309 e. The molecule has 1 aromatic heterocycles. The Morgan fingerprint density at radius 2 is 2.22 bits per heavy atom. The van der Waals surface area contributed by atoms with Gasteiger partial charge >= 0.3 is 5.97 Å². The Labute approximate surface area is 101 Å². The number of aliphatic carboxylic acids is 1. The number of aromatic nitrogens is 1. The first-order chi connectivity index (χ1) is 8.35. The molecule has 0 amide bonds. The number of rotatable bonds is 4. The van der Waals surface area contributed by atoms with Crippen LogP contribution in [0, 0.1) is 6.92 Å². The second-order valence-electron chi connectivity index (χ2n) is 4.14. The summed E-state index contributed by atoms with van der Waals surface area (Å²) in [7, 11) is 0. The number of hydrogen-bond acceptors (Lipinski definition) is 3. The number of carboxylic acid groups (broad SMARTS) is 1. The van der Waals surface area contributed by atoms with E-state index in [1.807, 2.05) is 0 Å². The molecule has 0 saturated carbocycles. The molecular weight excluding hydrogens is 244 g/mol. The number of hydrogen-bond donors (Lipinski definition) is 1. The summed E-state index contributed by atoms with van der Waals surface area (Å²) in [6.45, 7) is 1.67. The van der Waals surface area contributed by atoms with Gasteiger partial charge in [0, 0.05) is 13.3 Å². The highest BCUT2D eigenvalue weighted by Crippen LogP contribution is 2.26. The Bertz CT molecular complexity index is 592. The number of oxazole rings is 1. The van der Waals surface area contributed by atoms with Gasteiger partial charge in [-0.3, -0.25) is 4.79 Å². The van der Waals surface area contributed by atoms with E-state index in [1.54, 1.807) is 13.0 Å². The molecule has 1 aromatic carbocycles. The number of carboxylic acids is 1. The molecule has 0 aliphatic rings. The van der Waals surface area contributed by atoms with E-state index in [0.717, 1.165) is 0 Å². The Balaban J connectivity index is 2.23. The lowest BCUT2D eigenvalue weighted by Crippen LogP contribution is -2.23. The van der Waals surface area contributed by atoms with Gasteiger partial charge in [0.25, 0.3) is 5.92 Å². The summed E-state index contributed by atoms with van der Waals surface area (Å²) in [5.74, 6) is -4.33. The highest BCUT2D eigenvalue weighted by Gasteiger charge is 2.32. The van der Waals surface area contributed by atoms with Gasteiger partial charge < -0.3 is 9.52 Å². The molecule has 0 aliphatic carbocycles. The maximum atomic E-state index is 13.3. The first-order valence-electron chi connectivity index (χ1n) is 5.31. The number of halogens is 2. The SMILES string of the molecule is Cc1nc2ccc(CC(F)(F)CC(=O)O)cc2o1. The average molecular weight is 255 g/mol. The van der Waals surface area contributed by atoms with E-state index in [4.69, 9.17) is 9.52 Å². The summed E-state index contributed by atoms with van der Waals surface area (Å²) in [6, 6.07) is 4.54. The van der Waals surface area contributed by atoms with Gasteiger partial charge in [-0.2, -0.15) is 0 Å². The minimum Gasteiger partial charge on any atom is -0.481 e. The predicted molar refractivity (Wildman–Crippen MR) is 59.6 cm³/mol. The second kappa shape index (κ2) is 4.36. The molecule has 1 N–H and O–H groups in total. The van der Waals surface area contributed by atoms with Crippen LogP contribution in [0.1, 0.15) is 17.9 Å². The number of fused-ring (bicyclic) bond motifs is 1. The average Bonchev–Trinajstić information content (AvgIpc) is 2.54. The van der Waals surface area contributed by atoms with Gasteiger partial charge in [-0.15, -0.1) is 0 Å². The van der Waals surface area contributed by atoms with E-state index in [0.29, 0.717) is 22.6 Å². The molecule has 0 unspecified atom stereocenters. The topological polar surface area (TPSA) is 63.3 Å². The van der Waals surface area contributed by atoms with Crippen LogP contribution in [0.25, 0.3) is 11.1 Å². The van der Waals surface area contributed by atoms with Crippen molar-refractivity contribution in [2.45, 2.75) is 25.7 Å². The molecule has 96 valence electrons. The van der Waals surface area contributed by atoms with Crippen LogP contribution in [0.2, 0.25) is 0 Å². The lowest BCUT2D eigenvalue weighted by atomic mass is 10.0. The molecule has 6 heteroatoms. The zero-order chi connectivity index (χ0) is 13.3. The Kier molecular flexibility index (Phi) is 3.02. The first-order valence-corrected chi connectivity index (χ1v) is 5.31. The fourth-order valence-electron chi connectivity index (χ4n) is 1.78. The normalized spacial score (nSPS) is 11.9. The van der Waals surface area contributed by atoms with Gasteiger partial charge in [-0.1, -0.05) is 6.07 Å². The molecule has 2 aromatic rings. The van der Waals surface area contributed by atoms with Crippen LogP contribution >= 0.6 is 0 Å². The molecule has 18 heavy (non-hydrogen) atoms. The van der Waals surface area contributed by atoms with Crippen LogP contribution in [0.15, 0.2) is 22.6 Å². The molecule has 0 fully saturated rings. The van der Waals surface area contributed by atoms with E-state index in [9.17, 15) is 13.6 Å². The highest BCUT2D eigenvalue weighted by atomic mass is 19.3. The quantitative estimate of drug-likeness (QED) is 0.912. The third-order valence-electron chi connectivity index (χ3n) is 2.43. The van der Waals surface area contributed by atoms with Gasteiger partial charge in [0.05, 0.1) is 0 Å². The van der Waals surface area contributed by atoms with Gasteiger partial charge in [-0.25, -0.2) is 13.8 Å². The third kappa shape index (κ3) is 2.82. The number of carbonyl (C=O) groups is 1. The first kappa shape index (κ1) is 12.5. The molecule has 2 rings (SSSR count). The van der Waals surface area contributed by atoms with E-state index < -0.39 is 24.7 Å². The lowest BCUT2D eigenvalue weighted by Gasteiger charge is -2.13. The summed E-state index contributed by atoms with van der Waals surface area (Å²) in [5, 5.41) is 8.39. The van der Waals surface area contributed by atoms with E-state index in [2.05, 4.69) is 4.98 Å². The number of aryl methyl sites for hydroxylation is 1. The largest absolute Gasteiger partial charge is 0.481 e. The van der Waals surface area contributed by atoms with Crippen molar-refractivity contribution >= 4 is 17.1 Å². The molecule has 0 atom stereocenters. The molecule has 0 saturated heterocycles. The van der Waals surface area contributed by atoms with Crippen LogP contribution in [0.4, 0.5) is 8.78 Å². The molecular formula is C12H11F2NO3. The van der Waals surface area contributed by atoms with Crippen molar-refractivity contribution in [1.29, 1.82) is 0 Å². The molecule has 0 spiro atoms. The van der Waals surface area contributed by atoms with Crippen LogP contribution in [-0.4, -0.2) is 22.0 Å². The fraction of sp³-hybridized carbons (Fsp3) is 0.333. The standard InChI is InChI=1S/C12H11F2NO3/c1-7-15-9-3-2-8(4-10(9)18-7)5-12(13,14)6-11(16)17/h2-4H,5-6H2,1H3,(H,16,17). The van der Waals surface area contributed by atoms with Crippen molar-refractivity contribution in [3.05, 3.63) is 29.7 Å². The number of nitrogens with zero attached hydrogens (tertiary/aromatic N) is 1. The number of benzene rings is 1. The highest BCUT2D eigenvalue weighted by molar-refractivity contribution is 5.73. The van der Waals surface area contributed by atoms with Crippen molar-refractivity contribution < 1.29 is 23.1 Å². The zero-order valence-electron chi connectivity index (χ0n) is 9.61. The van der Waals surface area contributed by atoms with Crippen LogP contribution in [0.3, 0.4) is 0 Å². The molecule has 0 aliphatic heterocycles. The van der Waals surface area contributed by atoms with Gasteiger partial charge in [0.2, 0.25) is 0 Å². The minimum atomic E-state index is -3.27. The second-order valence-corrected chi connectivity index (χ2v) is 4.14. The molecule has 4 nitrogen and oxygen atoms in total. The van der Waals surface area contributed by atoms with Crippen LogP contribution in [-0.2, 0) is 11.2 Å².